The van der Waals surface area contributed by atoms with Gasteiger partial charge in [-0.25, -0.2) is 4.79 Å². The fraction of sp³-hybridized carbons (Fsp3) is 0.462. The summed E-state index contributed by atoms with van der Waals surface area (Å²) in [4.78, 5) is 29.4. The van der Waals surface area contributed by atoms with Crippen molar-refractivity contribution in [1.29, 1.82) is 0 Å². The zero-order valence-corrected chi connectivity index (χ0v) is 11.9. The lowest BCUT2D eigenvalue weighted by Crippen LogP contribution is -2.45. The van der Waals surface area contributed by atoms with Gasteiger partial charge in [0, 0.05) is 11.4 Å². The van der Waals surface area contributed by atoms with E-state index in [1.807, 2.05) is 13.8 Å². The number of amides is 1. The van der Waals surface area contributed by atoms with E-state index in [9.17, 15) is 14.7 Å². The Balaban J connectivity index is 2.34. The first kappa shape index (κ1) is 13.9. The molecule has 1 aliphatic rings. The van der Waals surface area contributed by atoms with Crippen LogP contribution in [0.15, 0.2) is 12.1 Å². The summed E-state index contributed by atoms with van der Waals surface area (Å²) in [6, 6.07) is 2.73. The van der Waals surface area contributed by atoms with Crippen LogP contribution in [0.25, 0.3) is 0 Å². The lowest BCUT2D eigenvalue weighted by molar-refractivity contribution is -0.141. The molecule has 6 heteroatoms. The van der Waals surface area contributed by atoms with E-state index in [1.165, 1.54) is 16.7 Å². The topological polar surface area (TPSA) is 70.5 Å². The Kier molecular flexibility index (Phi) is 3.80. The van der Waals surface area contributed by atoms with E-state index in [-0.39, 0.29) is 11.3 Å². The van der Waals surface area contributed by atoms with Crippen molar-refractivity contribution in [3.63, 3.8) is 0 Å². The van der Waals surface area contributed by atoms with Crippen LogP contribution in [0.1, 0.15) is 28.7 Å². The van der Waals surface area contributed by atoms with Crippen LogP contribution in [0.5, 0.6) is 0 Å². The molecule has 0 spiro atoms. The van der Waals surface area contributed by atoms with Crippen molar-refractivity contribution in [2.24, 2.45) is 0 Å². The van der Waals surface area contributed by atoms with Crippen molar-refractivity contribution in [3.05, 3.63) is 29.1 Å². The summed E-state index contributed by atoms with van der Waals surface area (Å²) in [7, 11) is 0. The summed E-state index contributed by atoms with van der Waals surface area (Å²) in [6.45, 7) is 5.47. The summed E-state index contributed by atoms with van der Waals surface area (Å²) in [5.41, 5.74) is 1.96. The average molecular weight is 280 g/mol. The SMILES string of the molecule is Cc1ccc(C(=O)N2C(C)SCC2C(=O)O)c(C)n1. The predicted octanol–water partition coefficient (Wildman–Crippen LogP) is 1.69. The largest absolute Gasteiger partial charge is 0.480 e. The number of carbonyl (C=O) groups is 2. The molecule has 19 heavy (non-hydrogen) atoms. The Labute approximate surface area is 116 Å². The molecule has 2 rings (SSSR count). The number of thioether (sulfide) groups is 1. The van der Waals surface area contributed by atoms with Crippen LogP contribution in [0.3, 0.4) is 0 Å². The van der Waals surface area contributed by atoms with Crippen molar-refractivity contribution in [2.45, 2.75) is 32.2 Å². The number of hydrogen-bond donors (Lipinski definition) is 1. The van der Waals surface area contributed by atoms with E-state index in [1.54, 1.807) is 19.1 Å². The highest BCUT2D eigenvalue weighted by Gasteiger charge is 2.40. The summed E-state index contributed by atoms with van der Waals surface area (Å²) < 4.78 is 0. The molecular weight excluding hydrogens is 264 g/mol. The van der Waals surface area contributed by atoms with Gasteiger partial charge in [0.15, 0.2) is 0 Å². The maximum atomic E-state index is 12.5. The zero-order chi connectivity index (χ0) is 14.2. The van der Waals surface area contributed by atoms with Crippen molar-refractivity contribution in [1.82, 2.24) is 9.88 Å². The third-order valence-electron chi connectivity index (χ3n) is 3.20. The fourth-order valence-electron chi connectivity index (χ4n) is 2.19. The summed E-state index contributed by atoms with van der Waals surface area (Å²) in [6.07, 6.45) is 0. The Morgan fingerprint density at radius 1 is 1.42 bits per heavy atom. The summed E-state index contributed by atoms with van der Waals surface area (Å²) in [5.74, 6) is -0.779. The number of aryl methyl sites for hydroxylation is 2. The number of carbonyl (C=O) groups excluding carboxylic acids is 1. The molecule has 0 aliphatic carbocycles. The molecule has 0 saturated carbocycles. The molecule has 1 saturated heterocycles. The quantitative estimate of drug-likeness (QED) is 0.892. The number of pyridine rings is 1. The highest BCUT2D eigenvalue weighted by Crippen LogP contribution is 2.30. The minimum Gasteiger partial charge on any atom is -0.480 e. The van der Waals surface area contributed by atoms with E-state index < -0.39 is 12.0 Å². The molecule has 1 fully saturated rings. The number of carboxylic acid groups (broad SMARTS) is 1. The molecule has 1 amide bonds. The lowest BCUT2D eigenvalue weighted by atomic mass is 10.1. The Morgan fingerprint density at radius 3 is 2.68 bits per heavy atom. The molecule has 2 unspecified atom stereocenters. The van der Waals surface area contributed by atoms with Crippen LogP contribution in [-0.2, 0) is 4.79 Å². The first-order valence-corrected chi connectivity index (χ1v) is 7.08. The van der Waals surface area contributed by atoms with Gasteiger partial charge in [0.25, 0.3) is 5.91 Å². The normalized spacial score (nSPS) is 22.6. The van der Waals surface area contributed by atoms with Gasteiger partial charge in [0.2, 0.25) is 0 Å². The van der Waals surface area contributed by atoms with E-state index >= 15 is 0 Å². The molecule has 1 aliphatic heterocycles. The summed E-state index contributed by atoms with van der Waals surface area (Å²) >= 11 is 1.48. The van der Waals surface area contributed by atoms with Crippen LogP contribution in [0.2, 0.25) is 0 Å². The van der Waals surface area contributed by atoms with Gasteiger partial charge in [-0.1, -0.05) is 0 Å². The van der Waals surface area contributed by atoms with E-state index in [4.69, 9.17) is 0 Å². The minimum atomic E-state index is -0.956. The first-order chi connectivity index (χ1) is 8.91. The highest BCUT2D eigenvalue weighted by molar-refractivity contribution is 8.00. The molecular formula is C13H16N2O3S. The number of aliphatic carboxylic acids is 1. The van der Waals surface area contributed by atoms with Gasteiger partial charge in [-0.2, -0.15) is 0 Å². The standard InChI is InChI=1S/C13H16N2O3S/c1-7-4-5-10(8(2)14-7)12(16)15-9(3)19-6-11(15)13(17)18/h4-5,9,11H,6H2,1-3H3,(H,17,18). The number of aromatic nitrogens is 1. The molecule has 2 heterocycles. The summed E-state index contributed by atoms with van der Waals surface area (Å²) in [5, 5.41) is 9.06. The Bertz CT molecular complexity index is 533. The molecule has 1 aromatic rings. The van der Waals surface area contributed by atoms with E-state index in [0.717, 1.165) is 5.69 Å². The minimum absolute atomic E-state index is 0.130. The van der Waals surface area contributed by atoms with Gasteiger partial charge in [-0.05, 0) is 32.9 Å². The van der Waals surface area contributed by atoms with Crippen LogP contribution in [0, 0.1) is 13.8 Å². The molecule has 2 atom stereocenters. The van der Waals surface area contributed by atoms with Gasteiger partial charge < -0.3 is 10.0 Å². The van der Waals surface area contributed by atoms with Gasteiger partial charge in [-0.15, -0.1) is 11.8 Å². The molecule has 1 N–H and O–H groups in total. The van der Waals surface area contributed by atoms with Gasteiger partial charge in [0.05, 0.1) is 16.6 Å². The van der Waals surface area contributed by atoms with Crippen molar-refractivity contribution >= 4 is 23.6 Å². The van der Waals surface area contributed by atoms with Crippen molar-refractivity contribution in [3.8, 4) is 0 Å². The maximum absolute atomic E-state index is 12.5. The van der Waals surface area contributed by atoms with E-state index in [2.05, 4.69) is 4.98 Å². The smallest absolute Gasteiger partial charge is 0.327 e. The molecule has 102 valence electrons. The zero-order valence-electron chi connectivity index (χ0n) is 11.1. The number of rotatable bonds is 2. The van der Waals surface area contributed by atoms with Crippen molar-refractivity contribution < 1.29 is 14.7 Å². The average Bonchev–Trinajstić information content (AvgIpc) is 2.70. The molecule has 5 nitrogen and oxygen atoms in total. The maximum Gasteiger partial charge on any atom is 0.327 e. The van der Waals surface area contributed by atoms with Crippen LogP contribution < -0.4 is 0 Å². The van der Waals surface area contributed by atoms with Crippen molar-refractivity contribution in [2.75, 3.05) is 5.75 Å². The lowest BCUT2D eigenvalue weighted by Gasteiger charge is -2.25. The monoisotopic (exact) mass is 280 g/mol. The van der Waals surface area contributed by atoms with Gasteiger partial charge >= 0.3 is 5.97 Å². The van der Waals surface area contributed by atoms with Crippen LogP contribution in [0.4, 0.5) is 0 Å². The second kappa shape index (κ2) is 5.21. The van der Waals surface area contributed by atoms with Crippen LogP contribution in [-0.4, -0.2) is 44.0 Å². The van der Waals surface area contributed by atoms with Gasteiger partial charge in [0.1, 0.15) is 6.04 Å². The first-order valence-electron chi connectivity index (χ1n) is 6.03. The third kappa shape index (κ3) is 2.58. The molecule has 0 aromatic carbocycles. The second-order valence-corrected chi connectivity index (χ2v) is 5.93. The second-order valence-electron chi connectivity index (χ2n) is 4.58. The molecule has 0 radical (unpaired) electrons. The third-order valence-corrected chi connectivity index (χ3v) is 4.42. The number of hydrogen-bond acceptors (Lipinski definition) is 4. The fourth-order valence-corrected chi connectivity index (χ4v) is 3.36. The number of nitrogens with zero attached hydrogens (tertiary/aromatic N) is 2. The number of carboxylic acids is 1. The molecule has 1 aromatic heterocycles. The van der Waals surface area contributed by atoms with Crippen LogP contribution >= 0.6 is 11.8 Å². The highest BCUT2D eigenvalue weighted by atomic mass is 32.2. The van der Waals surface area contributed by atoms with E-state index in [0.29, 0.717) is 17.0 Å². The predicted molar refractivity (Wildman–Crippen MR) is 73.2 cm³/mol. The Hall–Kier alpha value is -1.56. The Morgan fingerprint density at radius 2 is 2.11 bits per heavy atom. The van der Waals surface area contributed by atoms with Gasteiger partial charge in [-0.3, -0.25) is 9.78 Å². The molecule has 0 bridgehead atoms.